The average Bonchev–Trinajstić information content (AvgIpc) is 3.19. The minimum atomic E-state index is 0.0589. The molecule has 1 atom stereocenters. The Hall–Kier alpha value is -1.15. The molecule has 1 aliphatic heterocycles. The average molecular weight is 229 g/mol. The van der Waals surface area contributed by atoms with Crippen LogP contribution in [0, 0.1) is 5.92 Å². The Kier molecular flexibility index (Phi) is 2.98. The van der Waals surface area contributed by atoms with Crippen molar-refractivity contribution in [2.45, 2.75) is 44.7 Å². The molecule has 1 unspecified atom stereocenters. The number of ketones is 1. The molecular weight excluding hydrogens is 210 g/mol. The zero-order chi connectivity index (χ0) is 11.7. The molecule has 0 radical (unpaired) electrons. The number of hydrogen-bond donors (Lipinski definition) is 1. The van der Waals surface area contributed by atoms with Gasteiger partial charge in [-0.1, -0.05) is 37.1 Å². The number of nitrogens with one attached hydrogen (secondary N) is 1. The highest BCUT2D eigenvalue weighted by Gasteiger charge is 2.26. The fraction of sp³-hybridized carbons (Fsp3) is 0.533. The summed E-state index contributed by atoms with van der Waals surface area (Å²) in [7, 11) is 0. The van der Waals surface area contributed by atoms with Crippen LogP contribution in [0.5, 0.6) is 0 Å². The molecule has 1 N–H and O–H groups in total. The highest BCUT2D eigenvalue weighted by molar-refractivity contribution is 5.84. The molecule has 2 heteroatoms. The van der Waals surface area contributed by atoms with Crippen LogP contribution in [-0.4, -0.2) is 11.8 Å². The molecule has 3 rings (SSSR count). The van der Waals surface area contributed by atoms with E-state index in [0.29, 0.717) is 5.78 Å². The van der Waals surface area contributed by atoms with Gasteiger partial charge in [0.1, 0.15) is 5.78 Å². The smallest absolute Gasteiger partial charge is 0.150 e. The molecule has 90 valence electrons. The van der Waals surface area contributed by atoms with Crippen LogP contribution in [0.25, 0.3) is 0 Å². The van der Waals surface area contributed by atoms with E-state index in [-0.39, 0.29) is 6.04 Å². The third kappa shape index (κ3) is 2.58. The Morgan fingerprint density at radius 2 is 2.00 bits per heavy atom. The third-order valence-electron chi connectivity index (χ3n) is 3.97. The van der Waals surface area contributed by atoms with Gasteiger partial charge in [0.25, 0.3) is 0 Å². The number of carbonyl (C=O) groups is 1. The zero-order valence-electron chi connectivity index (χ0n) is 10.1. The Bertz CT molecular complexity index is 423. The zero-order valence-corrected chi connectivity index (χ0v) is 10.1. The van der Waals surface area contributed by atoms with E-state index >= 15 is 0 Å². The van der Waals surface area contributed by atoms with Crippen molar-refractivity contribution in [3.05, 3.63) is 35.4 Å². The predicted octanol–water partition coefficient (Wildman–Crippen LogP) is 2.46. The summed E-state index contributed by atoms with van der Waals surface area (Å²) in [4.78, 5) is 12.1. The molecule has 1 aliphatic carbocycles. The summed E-state index contributed by atoms with van der Waals surface area (Å²) in [5, 5.41) is 3.37. The van der Waals surface area contributed by atoms with Crippen molar-refractivity contribution >= 4 is 5.78 Å². The summed E-state index contributed by atoms with van der Waals surface area (Å²) in [6.07, 6.45) is 5.44. The lowest BCUT2D eigenvalue weighted by molar-refractivity contribution is -0.121. The normalized spacial score (nSPS) is 23.2. The van der Waals surface area contributed by atoms with Gasteiger partial charge in [0, 0.05) is 13.0 Å². The number of benzene rings is 1. The molecule has 1 heterocycles. The van der Waals surface area contributed by atoms with Crippen molar-refractivity contribution in [1.29, 1.82) is 0 Å². The number of carbonyl (C=O) groups excluding carboxylic acids is 1. The number of Topliss-reactive ketones (excluding diaryl/α,β-unsaturated/α-hetero) is 1. The lowest BCUT2D eigenvalue weighted by Gasteiger charge is -2.25. The maximum atomic E-state index is 12.1. The van der Waals surface area contributed by atoms with Crippen molar-refractivity contribution in [3.8, 4) is 0 Å². The van der Waals surface area contributed by atoms with Gasteiger partial charge in [0.05, 0.1) is 6.04 Å². The fourth-order valence-corrected chi connectivity index (χ4v) is 2.61. The second-order valence-electron chi connectivity index (χ2n) is 5.35. The highest BCUT2D eigenvalue weighted by atomic mass is 16.1. The number of rotatable bonds is 4. The minimum Gasteiger partial charge on any atom is -0.303 e. The Labute approximate surface area is 102 Å². The topological polar surface area (TPSA) is 29.1 Å². The Balaban J connectivity index is 1.60. The van der Waals surface area contributed by atoms with Gasteiger partial charge < -0.3 is 5.32 Å². The lowest BCUT2D eigenvalue weighted by atomic mass is 9.92. The first kappa shape index (κ1) is 11.0. The first-order valence-corrected chi connectivity index (χ1v) is 6.66. The molecule has 1 aromatic rings. The lowest BCUT2D eigenvalue weighted by Crippen LogP contribution is -2.41. The van der Waals surface area contributed by atoms with Gasteiger partial charge in [-0.2, -0.15) is 0 Å². The summed E-state index contributed by atoms with van der Waals surface area (Å²) in [6, 6.07) is 8.49. The maximum absolute atomic E-state index is 12.1. The Morgan fingerprint density at radius 3 is 2.76 bits per heavy atom. The van der Waals surface area contributed by atoms with Crippen LogP contribution in [0.4, 0.5) is 0 Å². The van der Waals surface area contributed by atoms with E-state index in [0.717, 1.165) is 31.7 Å². The second-order valence-corrected chi connectivity index (χ2v) is 5.35. The monoisotopic (exact) mass is 229 g/mol. The van der Waals surface area contributed by atoms with Gasteiger partial charge in [-0.25, -0.2) is 0 Å². The molecule has 0 saturated heterocycles. The van der Waals surface area contributed by atoms with E-state index in [1.165, 1.54) is 24.0 Å². The van der Waals surface area contributed by atoms with E-state index in [1.807, 2.05) is 0 Å². The summed E-state index contributed by atoms with van der Waals surface area (Å²) < 4.78 is 0. The van der Waals surface area contributed by atoms with Gasteiger partial charge in [-0.15, -0.1) is 0 Å². The minimum absolute atomic E-state index is 0.0589. The van der Waals surface area contributed by atoms with Gasteiger partial charge in [-0.05, 0) is 29.9 Å². The summed E-state index contributed by atoms with van der Waals surface area (Å²) in [6.45, 7) is 0.843. The van der Waals surface area contributed by atoms with Crippen molar-refractivity contribution < 1.29 is 4.79 Å². The maximum Gasteiger partial charge on any atom is 0.150 e. The molecule has 1 saturated carbocycles. The first-order chi connectivity index (χ1) is 8.33. The predicted molar refractivity (Wildman–Crippen MR) is 67.7 cm³/mol. The van der Waals surface area contributed by atoms with E-state index in [9.17, 15) is 4.79 Å². The van der Waals surface area contributed by atoms with Crippen LogP contribution in [0.2, 0.25) is 0 Å². The number of hydrogen-bond acceptors (Lipinski definition) is 2. The standard InChI is InChI=1S/C15H19NO/c17-15(8-7-11-5-6-11)14-9-12-3-1-2-4-13(12)10-16-14/h1-4,11,14,16H,5-10H2. The quantitative estimate of drug-likeness (QED) is 0.859. The van der Waals surface area contributed by atoms with Crippen LogP contribution in [-0.2, 0) is 17.8 Å². The summed E-state index contributed by atoms with van der Waals surface area (Å²) >= 11 is 0. The van der Waals surface area contributed by atoms with Gasteiger partial charge in [0.15, 0.2) is 0 Å². The molecule has 1 fully saturated rings. The van der Waals surface area contributed by atoms with Gasteiger partial charge >= 0.3 is 0 Å². The van der Waals surface area contributed by atoms with Crippen LogP contribution >= 0.6 is 0 Å². The summed E-state index contributed by atoms with van der Waals surface area (Å²) in [5.41, 5.74) is 2.69. The summed E-state index contributed by atoms with van der Waals surface area (Å²) in [5.74, 6) is 1.27. The third-order valence-corrected chi connectivity index (χ3v) is 3.97. The van der Waals surface area contributed by atoms with Crippen LogP contribution in [0.1, 0.15) is 36.8 Å². The van der Waals surface area contributed by atoms with Crippen LogP contribution in [0.15, 0.2) is 24.3 Å². The Morgan fingerprint density at radius 1 is 1.24 bits per heavy atom. The van der Waals surface area contributed by atoms with Crippen LogP contribution < -0.4 is 5.32 Å². The SMILES string of the molecule is O=C(CCC1CC1)C1Cc2ccccc2CN1. The second kappa shape index (κ2) is 4.61. The molecule has 2 aliphatic rings. The molecule has 0 amide bonds. The first-order valence-electron chi connectivity index (χ1n) is 6.66. The van der Waals surface area contributed by atoms with E-state index in [1.54, 1.807) is 0 Å². The largest absolute Gasteiger partial charge is 0.303 e. The molecule has 1 aromatic carbocycles. The number of fused-ring (bicyclic) bond motifs is 1. The van der Waals surface area contributed by atoms with E-state index in [4.69, 9.17) is 0 Å². The van der Waals surface area contributed by atoms with Crippen molar-refractivity contribution in [2.75, 3.05) is 0 Å². The molecule has 17 heavy (non-hydrogen) atoms. The van der Waals surface area contributed by atoms with E-state index < -0.39 is 0 Å². The fourth-order valence-electron chi connectivity index (χ4n) is 2.61. The highest BCUT2D eigenvalue weighted by Crippen LogP contribution is 2.33. The molecule has 0 spiro atoms. The molecule has 2 nitrogen and oxygen atoms in total. The molecule has 0 aromatic heterocycles. The van der Waals surface area contributed by atoms with Crippen molar-refractivity contribution in [3.63, 3.8) is 0 Å². The van der Waals surface area contributed by atoms with Crippen molar-refractivity contribution in [2.24, 2.45) is 5.92 Å². The molecular formula is C15H19NO. The molecule has 0 bridgehead atoms. The van der Waals surface area contributed by atoms with Crippen molar-refractivity contribution in [1.82, 2.24) is 5.32 Å². The van der Waals surface area contributed by atoms with Gasteiger partial charge in [0.2, 0.25) is 0 Å². The van der Waals surface area contributed by atoms with E-state index in [2.05, 4.69) is 29.6 Å². The van der Waals surface area contributed by atoms with Gasteiger partial charge in [-0.3, -0.25) is 4.79 Å². The van der Waals surface area contributed by atoms with Crippen LogP contribution in [0.3, 0.4) is 0 Å².